The minimum Gasteiger partial charge on any atom is -0.477 e. The summed E-state index contributed by atoms with van der Waals surface area (Å²) in [5.41, 5.74) is 4.18. The Hall–Kier alpha value is -2.85. The Morgan fingerprint density at radius 2 is 2.19 bits per heavy atom. The summed E-state index contributed by atoms with van der Waals surface area (Å²) in [4.78, 5) is 4.41. The van der Waals surface area contributed by atoms with Crippen LogP contribution < -0.4 is 10.1 Å². The van der Waals surface area contributed by atoms with Gasteiger partial charge in [-0.1, -0.05) is 30.3 Å². The Morgan fingerprint density at radius 3 is 3.00 bits per heavy atom. The van der Waals surface area contributed by atoms with Gasteiger partial charge in [0.05, 0.1) is 13.2 Å². The van der Waals surface area contributed by atoms with Crippen LogP contribution in [0.5, 0.6) is 5.88 Å². The van der Waals surface area contributed by atoms with E-state index in [0.29, 0.717) is 18.4 Å². The lowest BCUT2D eigenvalue weighted by molar-refractivity contribution is 0.166. The van der Waals surface area contributed by atoms with Gasteiger partial charge in [0.2, 0.25) is 5.88 Å². The summed E-state index contributed by atoms with van der Waals surface area (Å²) in [6.45, 7) is 8.51. The van der Waals surface area contributed by atoms with Crippen LogP contribution >= 0.6 is 0 Å². The molecule has 1 aliphatic rings. The van der Waals surface area contributed by atoms with Crippen molar-refractivity contribution in [2.24, 2.45) is 5.92 Å². The molecular formula is C23H24N2O2. The molecule has 2 heterocycles. The van der Waals surface area contributed by atoms with Crippen molar-refractivity contribution in [3.8, 4) is 5.88 Å². The SMILES string of the molecule is C=C(Nc1ccc2c(OCC3CCOC3)nccc2c1)c1cccc(C)c1. The molecule has 0 radical (unpaired) electrons. The van der Waals surface area contributed by atoms with E-state index in [4.69, 9.17) is 9.47 Å². The molecule has 2 aromatic carbocycles. The molecule has 1 unspecified atom stereocenters. The number of hydrogen-bond donors (Lipinski definition) is 1. The second-order valence-corrected chi connectivity index (χ2v) is 7.07. The second-order valence-electron chi connectivity index (χ2n) is 7.07. The Kier molecular flexibility index (Phi) is 5.07. The lowest BCUT2D eigenvalue weighted by Gasteiger charge is -2.14. The summed E-state index contributed by atoms with van der Waals surface area (Å²) >= 11 is 0. The minimum absolute atomic E-state index is 0.459. The molecule has 0 bridgehead atoms. The third-order valence-corrected chi connectivity index (χ3v) is 4.87. The molecule has 1 saturated heterocycles. The van der Waals surface area contributed by atoms with Gasteiger partial charge in [0.15, 0.2) is 0 Å². The topological polar surface area (TPSA) is 43.4 Å². The van der Waals surface area contributed by atoms with Gasteiger partial charge >= 0.3 is 0 Å². The Balaban J connectivity index is 1.51. The quantitative estimate of drug-likeness (QED) is 0.669. The highest BCUT2D eigenvalue weighted by atomic mass is 16.5. The predicted octanol–water partition coefficient (Wildman–Crippen LogP) is 5.04. The minimum atomic E-state index is 0.459. The standard InChI is InChI=1S/C23H24N2O2/c1-16-4-3-5-19(12-16)17(2)25-21-6-7-22-20(13-21)8-10-24-23(22)27-15-18-9-11-26-14-18/h3-8,10,12-13,18,25H,2,9,11,14-15H2,1H3. The molecule has 3 aromatic rings. The van der Waals surface area contributed by atoms with E-state index in [0.717, 1.165) is 47.4 Å². The number of ether oxygens (including phenoxy) is 2. The number of benzene rings is 2. The number of anilines is 1. The average Bonchev–Trinajstić information content (AvgIpc) is 3.19. The molecule has 1 atom stereocenters. The monoisotopic (exact) mass is 360 g/mol. The summed E-state index contributed by atoms with van der Waals surface area (Å²) in [6, 6.07) is 16.5. The van der Waals surface area contributed by atoms with Crippen LogP contribution in [0.15, 0.2) is 61.3 Å². The zero-order chi connectivity index (χ0) is 18.6. The van der Waals surface area contributed by atoms with Crippen LogP contribution in [-0.2, 0) is 4.74 Å². The number of nitrogens with zero attached hydrogens (tertiary/aromatic N) is 1. The molecule has 0 amide bonds. The average molecular weight is 360 g/mol. The van der Waals surface area contributed by atoms with Gasteiger partial charge in [0.25, 0.3) is 0 Å². The van der Waals surface area contributed by atoms with Crippen molar-refractivity contribution in [2.75, 3.05) is 25.1 Å². The first-order chi connectivity index (χ1) is 13.2. The van der Waals surface area contributed by atoms with Gasteiger partial charge < -0.3 is 14.8 Å². The molecule has 138 valence electrons. The van der Waals surface area contributed by atoms with Crippen molar-refractivity contribution >= 4 is 22.2 Å². The number of rotatable bonds is 6. The van der Waals surface area contributed by atoms with Crippen molar-refractivity contribution in [1.82, 2.24) is 4.98 Å². The molecule has 0 aliphatic carbocycles. The molecular weight excluding hydrogens is 336 g/mol. The van der Waals surface area contributed by atoms with E-state index in [1.54, 1.807) is 6.20 Å². The fourth-order valence-electron chi connectivity index (χ4n) is 3.33. The Bertz CT molecular complexity index is 962. The molecule has 1 aromatic heterocycles. The molecule has 1 aliphatic heterocycles. The lowest BCUT2D eigenvalue weighted by Crippen LogP contribution is -2.12. The molecule has 4 nitrogen and oxygen atoms in total. The highest BCUT2D eigenvalue weighted by molar-refractivity contribution is 5.91. The first kappa shape index (κ1) is 17.6. The first-order valence-corrected chi connectivity index (χ1v) is 9.31. The van der Waals surface area contributed by atoms with Crippen molar-refractivity contribution in [1.29, 1.82) is 0 Å². The summed E-state index contributed by atoms with van der Waals surface area (Å²) in [5, 5.41) is 5.51. The van der Waals surface area contributed by atoms with E-state index in [1.807, 2.05) is 18.2 Å². The molecule has 0 saturated carbocycles. The maximum absolute atomic E-state index is 5.98. The van der Waals surface area contributed by atoms with Crippen molar-refractivity contribution in [2.45, 2.75) is 13.3 Å². The van der Waals surface area contributed by atoms with E-state index in [-0.39, 0.29) is 0 Å². The van der Waals surface area contributed by atoms with Crippen LogP contribution in [0.25, 0.3) is 16.5 Å². The second kappa shape index (κ2) is 7.80. The number of fused-ring (bicyclic) bond motifs is 1. The molecule has 27 heavy (non-hydrogen) atoms. The molecule has 1 N–H and O–H groups in total. The van der Waals surface area contributed by atoms with Crippen LogP contribution in [0, 0.1) is 12.8 Å². The fraction of sp³-hybridized carbons (Fsp3) is 0.261. The zero-order valence-corrected chi connectivity index (χ0v) is 15.6. The number of pyridine rings is 1. The van der Waals surface area contributed by atoms with Crippen molar-refractivity contribution in [3.63, 3.8) is 0 Å². The summed E-state index contributed by atoms with van der Waals surface area (Å²) in [6.07, 6.45) is 2.85. The number of hydrogen-bond acceptors (Lipinski definition) is 4. The van der Waals surface area contributed by atoms with Crippen LogP contribution in [0.4, 0.5) is 5.69 Å². The van der Waals surface area contributed by atoms with Crippen LogP contribution in [0.3, 0.4) is 0 Å². The zero-order valence-electron chi connectivity index (χ0n) is 15.6. The summed E-state index contributed by atoms with van der Waals surface area (Å²) in [7, 11) is 0. The van der Waals surface area contributed by atoms with Crippen LogP contribution in [0.1, 0.15) is 17.5 Å². The van der Waals surface area contributed by atoms with Crippen molar-refractivity contribution in [3.05, 3.63) is 72.4 Å². The predicted molar refractivity (Wildman–Crippen MR) is 110 cm³/mol. The van der Waals surface area contributed by atoms with Gasteiger partial charge in [-0.15, -0.1) is 0 Å². The molecule has 0 spiro atoms. The number of nitrogens with one attached hydrogen (secondary N) is 1. The largest absolute Gasteiger partial charge is 0.477 e. The van der Waals surface area contributed by atoms with Gasteiger partial charge in [0, 0.05) is 35.5 Å². The van der Waals surface area contributed by atoms with Gasteiger partial charge in [-0.3, -0.25) is 0 Å². The van der Waals surface area contributed by atoms with Crippen LogP contribution in [-0.4, -0.2) is 24.8 Å². The Labute approximate surface area is 159 Å². The summed E-state index contributed by atoms with van der Waals surface area (Å²) in [5.74, 6) is 1.14. The van der Waals surface area contributed by atoms with E-state index < -0.39 is 0 Å². The fourth-order valence-corrected chi connectivity index (χ4v) is 3.33. The highest BCUT2D eigenvalue weighted by Gasteiger charge is 2.17. The third-order valence-electron chi connectivity index (χ3n) is 4.87. The molecule has 4 heteroatoms. The van der Waals surface area contributed by atoms with Gasteiger partial charge in [-0.05, 0) is 54.6 Å². The van der Waals surface area contributed by atoms with E-state index in [9.17, 15) is 0 Å². The highest BCUT2D eigenvalue weighted by Crippen LogP contribution is 2.28. The van der Waals surface area contributed by atoms with Crippen molar-refractivity contribution < 1.29 is 9.47 Å². The lowest BCUT2D eigenvalue weighted by atomic mass is 10.1. The van der Waals surface area contributed by atoms with E-state index >= 15 is 0 Å². The van der Waals surface area contributed by atoms with Crippen LogP contribution in [0.2, 0.25) is 0 Å². The third kappa shape index (κ3) is 4.12. The summed E-state index contributed by atoms with van der Waals surface area (Å²) < 4.78 is 11.4. The molecule has 1 fully saturated rings. The van der Waals surface area contributed by atoms with Gasteiger partial charge in [0.1, 0.15) is 0 Å². The van der Waals surface area contributed by atoms with E-state index in [2.05, 4.69) is 54.1 Å². The Morgan fingerprint density at radius 1 is 1.26 bits per heavy atom. The number of aromatic nitrogens is 1. The maximum Gasteiger partial charge on any atom is 0.221 e. The number of aryl methyl sites for hydroxylation is 1. The van der Waals surface area contributed by atoms with E-state index in [1.165, 1.54) is 5.56 Å². The van der Waals surface area contributed by atoms with Gasteiger partial charge in [-0.2, -0.15) is 0 Å². The first-order valence-electron chi connectivity index (χ1n) is 9.31. The maximum atomic E-state index is 5.98. The molecule has 4 rings (SSSR count). The van der Waals surface area contributed by atoms with Gasteiger partial charge in [-0.25, -0.2) is 4.98 Å². The normalized spacial score (nSPS) is 16.4. The smallest absolute Gasteiger partial charge is 0.221 e.